The highest BCUT2D eigenvalue weighted by molar-refractivity contribution is 5.72. The Balaban J connectivity index is 2.29. The van der Waals surface area contributed by atoms with E-state index >= 15 is 0 Å². The smallest absolute Gasteiger partial charge is 0.285 e. The SMILES string of the molecule is O=c1[nH]cnc(O)c1C(O)c1c[n+](=O)c2ccccc2n1[O-]. The van der Waals surface area contributed by atoms with Gasteiger partial charge < -0.3 is 25.1 Å². The van der Waals surface area contributed by atoms with Crippen molar-refractivity contribution in [2.75, 3.05) is 0 Å². The maximum Gasteiger partial charge on any atom is 0.285 e. The standard InChI is InChI=1S/C13H10N4O5/c18-11(10-12(19)14-6-15-13(10)20)9-5-16(21)7-3-1-2-4-8(7)17(9)22/h1-6,11,18H,(H2,14,15,19,20). The molecule has 9 nitrogen and oxygen atoms in total. The monoisotopic (exact) mass is 302 g/mol. The Hall–Kier alpha value is -3.20. The van der Waals surface area contributed by atoms with Crippen LogP contribution < -0.4 is 9.99 Å². The first-order valence-corrected chi connectivity index (χ1v) is 6.19. The van der Waals surface area contributed by atoms with Crippen LogP contribution >= 0.6 is 0 Å². The Morgan fingerprint density at radius 2 is 2.09 bits per heavy atom. The molecule has 0 aliphatic heterocycles. The second-order valence-electron chi connectivity index (χ2n) is 4.53. The number of rotatable bonds is 2. The molecule has 0 amide bonds. The van der Waals surface area contributed by atoms with Crippen molar-refractivity contribution in [1.82, 2.24) is 14.7 Å². The van der Waals surface area contributed by atoms with E-state index < -0.39 is 28.8 Å². The lowest BCUT2D eigenvalue weighted by atomic mass is 10.1. The number of hydrogen-bond donors (Lipinski definition) is 3. The molecule has 112 valence electrons. The van der Waals surface area contributed by atoms with Crippen LogP contribution in [0.4, 0.5) is 0 Å². The molecule has 3 N–H and O–H groups in total. The fraction of sp³-hybridized carbons (Fsp3) is 0.0769. The third-order valence-corrected chi connectivity index (χ3v) is 3.24. The topological polar surface area (TPSA) is 137 Å². The normalized spacial score (nSPS) is 12.4. The lowest BCUT2D eigenvalue weighted by Gasteiger charge is -2.20. The van der Waals surface area contributed by atoms with Crippen molar-refractivity contribution in [3.8, 4) is 5.88 Å². The van der Waals surface area contributed by atoms with E-state index in [9.17, 15) is 25.1 Å². The molecule has 0 bridgehead atoms. The van der Waals surface area contributed by atoms with E-state index in [1.807, 2.05) is 0 Å². The fourth-order valence-corrected chi connectivity index (χ4v) is 2.18. The van der Waals surface area contributed by atoms with Gasteiger partial charge in [0.1, 0.15) is 22.9 Å². The van der Waals surface area contributed by atoms with E-state index in [2.05, 4.69) is 9.97 Å². The van der Waals surface area contributed by atoms with Crippen LogP contribution in [-0.2, 0) is 0 Å². The minimum Gasteiger partial charge on any atom is -0.805 e. The zero-order chi connectivity index (χ0) is 15.9. The van der Waals surface area contributed by atoms with Crippen LogP contribution in [0.1, 0.15) is 17.4 Å². The molecule has 0 fully saturated rings. The van der Waals surface area contributed by atoms with Crippen molar-refractivity contribution < 1.29 is 14.6 Å². The average molecular weight is 302 g/mol. The number of aliphatic hydroxyl groups is 1. The molecule has 1 atom stereocenters. The van der Waals surface area contributed by atoms with Gasteiger partial charge in [0.25, 0.3) is 17.3 Å². The van der Waals surface area contributed by atoms with Crippen molar-refractivity contribution in [3.05, 3.63) is 68.5 Å². The lowest BCUT2D eigenvalue weighted by molar-refractivity contribution is -0.465. The van der Waals surface area contributed by atoms with E-state index in [0.29, 0.717) is 9.16 Å². The quantitative estimate of drug-likeness (QED) is 0.559. The van der Waals surface area contributed by atoms with E-state index in [1.54, 1.807) is 12.1 Å². The van der Waals surface area contributed by atoms with Gasteiger partial charge in [-0.2, -0.15) is 0 Å². The highest BCUT2D eigenvalue weighted by atomic mass is 16.5. The van der Waals surface area contributed by atoms with E-state index in [-0.39, 0.29) is 11.0 Å². The van der Waals surface area contributed by atoms with Gasteiger partial charge in [0.15, 0.2) is 0 Å². The third-order valence-electron chi connectivity index (χ3n) is 3.24. The first-order valence-electron chi connectivity index (χ1n) is 6.19. The van der Waals surface area contributed by atoms with E-state index in [4.69, 9.17) is 0 Å². The summed E-state index contributed by atoms with van der Waals surface area (Å²) in [4.78, 5) is 29.3. The van der Waals surface area contributed by atoms with Crippen LogP contribution in [-0.4, -0.2) is 24.9 Å². The maximum absolute atomic E-state index is 12.3. The molecule has 3 aromatic rings. The second-order valence-corrected chi connectivity index (χ2v) is 4.53. The van der Waals surface area contributed by atoms with Gasteiger partial charge in [-0.3, -0.25) is 4.79 Å². The molecule has 0 spiro atoms. The predicted octanol–water partition coefficient (Wildman–Crippen LogP) is -0.228. The summed E-state index contributed by atoms with van der Waals surface area (Å²) in [5.74, 6) is -0.721. The number of aromatic amines is 1. The summed E-state index contributed by atoms with van der Waals surface area (Å²) >= 11 is 0. The zero-order valence-corrected chi connectivity index (χ0v) is 11.0. The molecule has 2 heterocycles. The zero-order valence-electron chi connectivity index (χ0n) is 11.0. The highest BCUT2D eigenvalue weighted by Gasteiger charge is 2.25. The summed E-state index contributed by atoms with van der Waals surface area (Å²) in [7, 11) is 0. The first kappa shape index (κ1) is 13.8. The highest BCUT2D eigenvalue weighted by Crippen LogP contribution is 2.24. The van der Waals surface area contributed by atoms with Gasteiger partial charge in [0.05, 0.1) is 10.8 Å². The van der Waals surface area contributed by atoms with Gasteiger partial charge in [0, 0.05) is 11.0 Å². The lowest BCUT2D eigenvalue weighted by Crippen LogP contribution is -2.25. The molecule has 22 heavy (non-hydrogen) atoms. The Morgan fingerprint density at radius 3 is 2.82 bits per heavy atom. The third kappa shape index (κ3) is 2.00. The van der Waals surface area contributed by atoms with E-state index in [1.165, 1.54) is 12.1 Å². The number of aromatic nitrogens is 4. The van der Waals surface area contributed by atoms with Crippen molar-refractivity contribution in [3.63, 3.8) is 0 Å². The summed E-state index contributed by atoms with van der Waals surface area (Å²) in [6.07, 6.45) is -0.00103. The number of aromatic hydroxyl groups is 1. The molecule has 0 saturated heterocycles. The van der Waals surface area contributed by atoms with Crippen molar-refractivity contribution in [1.29, 1.82) is 0 Å². The van der Waals surface area contributed by atoms with Crippen molar-refractivity contribution in [2.24, 2.45) is 0 Å². The summed E-state index contributed by atoms with van der Waals surface area (Å²) in [6, 6.07) is 5.99. The number of para-hydroxylation sites is 2. The second kappa shape index (κ2) is 4.97. The molecule has 1 aromatic carbocycles. The molecular formula is C13H10N4O5. The van der Waals surface area contributed by atoms with Gasteiger partial charge in [-0.15, -0.1) is 0 Å². The van der Waals surface area contributed by atoms with Gasteiger partial charge in [0.2, 0.25) is 5.88 Å². The van der Waals surface area contributed by atoms with E-state index in [0.717, 1.165) is 12.5 Å². The minimum atomic E-state index is -1.81. The van der Waals surface area contributed by atoms with Crippen LogP contribution in [0.3, 0.4) is 0 Å². The number of fused-ring (bicyclic) bond motifs is 1. The van der Waals surface area contributed by atoms with Crippen LogP contribution in [0.5, 0.6) is 5.88 Å². The molecule has 0 saturated carbocycles. The fourth-order valence-electron chi connectivity index (χ4n) is 2.18. The van der Waals surface area contributed by atoms with Gasteiger partial charge >= 0.3 is 0 Å². The summed E-state index contributed by atoms with van der Waals surface area (Å²) in [5, 5.41) is 32.1. The van der Waals surface area contributed by atoms with Crippen molar-refractivity contribution in [2.45, 2.75) is 6.10 Å². The molecule has 0 radical (unpaired) electrons. The molecule has 3 rings (SSSR count). The number of benzene rings is 1. The summed E-state index contributed by atoms with van der Waals surface area (Å²) in [6.45, 7) is 0. The number of hydrogen-bond acceptors (Lipinski definition) is 6. The molecule has 2 aromatic heterocycles. The predicted molar refractivity (Wildman–Crippen MR) is 74.7 cm³/mol. The van der Waals surface area contributed by atoms with Crippen LogP contribution in [0.25, 0.3) is 11.0 Å². The van der Waals surface area contributed by atoms with Crippen LogP contribution in [0, 0.1) is 10.1 Å². The summed E-state index contributed by atoms with van der Waals surface area (Å²) < 4.78 is 0.740. The Kier molecular flexibility index (Phi) is 3.11. The maximum atomic E-state index is 12.3. The van der Waals surface area contributed by atoms with Crippen LogP contribution in [0.15, 0.2) is 41.6 Å². The van der Waals surface area contributed by atoms with Gasteiger partial charge in [-0.1, -0.05) is 12.1 Å². The molecular weight excluding hydrogens is 292 g/mol. The number of nitrogens with zero attached hydrogens (tertiary/aromatic N) is 3. The number of aliphatic hydroxyl groups excluding tert-OH is 1. The Bertz CT molecular complexity index is 978. The van der Waals surface area contributed by atoms with Gasteiger partial charge in [-0.25, -0.2) is 4.98 Å². The molecule has 0 aliphatic rings. The average Bonchev–Trinajstić information content (AvgIpc) is 2.50. The Morgan fingerprint density at radius 1 is 1.36 bits per heavy atom. The van der Waals surface area contributed by atoms with Gasteiger partial charge in [-0.05, 0) is 6.07 Å². The van der Waals surface area contributed by atoms with Crippen molar-refractivity contribution >= 4 is 11.0 Å². The summed E-state index contributed by atoms with van der Waals surface area (Å²) in [5.41, 5.74) is -1.60. The number of H-pyrrole nitrogens is 1. The van der Waals surface area contributed by atoms with Crippen LogP contribution in [0.2, 0.25) is 0 Å². The minimum absolute atomic E-state index is 0.0221. The largest absolute Gasteiger partial charge is 0.805 e. The molecule has 0 aliphatic carbocycles. The molecule has 9 heteroatoms. The Labute approximate surface area is 121 Å². The first-order chi connectivity index (χ1) is 10.5. The number of nitrogens with one attached hydrogen (secondary N) is 1. The molecule has 1 unspecified atom stereocenters.